The number of aliphatic hydroxyl groups is 1. The van der Waals surface area contributed by atoms with Gasteiger partial charge < -0.3 is 15.3 Å². The predicted octanol–water partition coefficient (Wildman–Crippen LogP) is 0.195. The number of aliphatic hydroxyl groups excluding tert-OH is 1. The zero-order chi connectivity index (χ0) is 8.10. The smallest absolute Gasteiger partial charge is 0.0319 e. The SMILES string of the molecule is CO.[U].c1ccc2[n-]nnc2c1. The molecule has 0 aliphatic rings. The molecular formula is C7H8N3OU-. The molecule has 0 atom stereocenters. The second-order valence-corrected chi connectivity index (χ2v) is 1.78. The van der Waals surface area contributed by atoms with Gasteiger partial charge in [0.25, 0.3) is 0 Å². The molecule has 0 amide bonds. The Labute approximate surface area is 93.7 Å². The van der Waals surface area contributed by atoms with Gasteiger partial charge >= 0.3 is 0 Å². The van der Waals surface area contributed by atoms with Crippen LogP contribution in [0.3, 0.4) is 0 Å². The molecule has 0 unspecified atom stereocenters. The van der Waals surface area contributed by atoms with Gasteiger partial charge in [-0.3, -0.25) is 5.21 Å². The Morgan fingerprint density at radius 3 is 2.58 bits per heavy atom. The standard InChI is InChI=1S/C6H4N3.CH4O.U/c1-2-4-6-5(3-1)7-9-8-6;1-2;/h1-4H;2H,1H3;/q-1;;. The summed E-state index contributed by atoms with van der Waals surface area (Å²) in [4.78, 5) is 0. The first kappa shape index (κ1) is 11.6. The predicted molar refractivity (Wildman–Crippen MR) is 41.0 cm³/mol. The van der Waals surface area contributed by atoms with Crippen molar-refractivity contribution < 1.29 is 36.2 Å². The molecule has 62 valence electrons. The van der Waals surface area contributed by atoms with Crippen molar-refractivity contribution in [2.24, 2.45) is 0 Å². The molecule has 2 aromatic rings. The molecule has 0 saturated heterocycles. The van der Waals surface area contributed by atoms with Crippen molar-refractivity contribution in [3.63, 3.8) is 0 Å². The van der Waals surface area contributed by atoms with Crippen molar-refractivity contribution >= 4 is 11.0 Å². The third kappa shape index (κ3) is 2.59. The van der Waals surface area contributed by atoms with Gasteiger partial charge in [-0.2, -0.15) is 0 Å². The Morgan fingerprint density at radius 2 is 1.92 bits per heavy atom. The van der Waals surface area contributed by atoms with Crippen molar-refractivity contribution in [3.8, 4) is 0 Å². The van der Waals surface area contributed by atoms with Gasteiger partial charge in [0, 0.05) is 38.2 Å². The topological polar surface area (TPSA) is 60.1 Å². The van der Waals surface area contributed by atoms with Gasteiger partial charge in [0.15, 0.2) is 0 Å². The molecule has 1 aromatic heterocycles. The Balaban J connectivity index is 0.000000378. The van der Waals surface area contributed by atoms with Crippen LogP contribution in [0.1, 0.15) is 0 Å². The molecule has 4 nitrogen and oxygen atoms in total. The molecule has 1 heterocycles. The summed E-state index contributed by atoms with van der Waals surface area (Å²) in [6.45, 7) is 0. The summed E-state index contributed by atoms with van der Waals surface area (Å²) in [7, 11) is 1.00. The molecule has 0 spiro atoms. The zero-order valence-electron chi connectivity index (χ0n) is 6.60. The van der Waals surface area contributed by atoms with E-state index in [1.54, 1.807) is 0 Å². The van der Waals surface area contributed by atoms with E-state index in [0.29, 0.717) is 0 Å². The molecule has 5 heteroatoms. The number of benzene rings is 1. The second-order valence-electron chi connectivity index (χ2n) is 1.78. The number of rotatable bonds is 0. The van der Waals surface area contributed by atoms with Crippen LogP contribution in [0.15, 0.2) is 24.3 Å². The van der Waals surface area contributed by atoms with Gasteiger partial charge in [-0.05, 0) is 11.0 Å². The summed E-state index contributed by atoms with van der Waals surface area (Å²) >= 11 is 0. The average Bonchev–Trinajstić information content (AvgIpc) is 2.55. The quantitative estimate of drug-likeness (QED) is 0.701. The Kier molecular flexibility index (Phi) is 5.99. The van der Waals surface area contributed by atoms with Crippen LogP contribution in [0.25, 0.3) is 11.0 Å². The van der Waals surface area contributed by atoms with Crippen LogP contribution in [0.5, 0.6) is 0 Å². The van der Waals surface area contributed by atoms with Crippen molar-refractivity contribution in [3.05, 3.63) is 24.3 Å². The molecule has 0 bridgehead atoms. The normalized spacial score (nSPS) is 8.17. The number of nitrogens with zero attached hydrogens (tertiary/aromatic N) is 3. The van der Waals surface area contributed by atoms with Gasteiger partial charge in [0.1, 0.15) is 0 Å². The Morgan fingerprint density at radius 1 is 1.25 bits per heavy atom. The van der Waals surface area contributed by atoms with Gasteiger partial charge in [0.05, 0.1) is 0 Å². The van der Waals surface area contributed by atoms with Gasteiger partial charge in [-0.25, -0.2) is 0 Å². The molecule has 0 radical (unpaired) electrons. The fraction of sp³-hybridized carbons (Fsp3) is 0.143. The van der Waals surface area contributed by atoms with E-state index in [1.165, 1.54) is 0 Å². The minimum atomic E-state index is 0. The summed E-state index contributed by atoms with van der Waals surface area (Å²) < 4.78 is 0. The van der Waals surface area contributed by atoms with E-state index in [0.717, 1.165) is 18.1 Å². The van der Waals surface area contributed by atoms with Crippen molar-refractivity contribution in [2.45, 2.75) is 0 Å². The molecule has 0 fully saturated rings. The Hall–Kier alpha value is -0.368. The van der Waals surface area contributed by atoms with Crippen LogP contribution in [-0.4, -0.2) is 22.5 Å². The summed E-state index contributed by atoms with van der Waals surface area (Å²) in [5, 5.41) is 18.0. The molecule has 1 aromatic carbocycles. The van der Waals surface area contributed by atoms with E-state index in [9.17, 15) is 0 Å². The van der Waals surface area contributed by atoms with E-state index in [2.05, 4.69) is 15.4 Å². The van der Waals surface area contributed by atoms with Crippen LogP contribution < -0.4 is 5.10 Å². The fourth-order valence-electron chi connectivity index (χ4n) is 0.752. The van der Waals surface area contributed by atoms with Gasteiger partial charge in [0.2, 0.25) is 0 Å². The van der Waals surface area contributed by atoms with Crippen LogP contribution in [0.2, 0.25) is 0 Å². The van der Waals surface area contributed by atoms with Crippen LogP contribution in [-0.2, 0) is 0 Å². The van der Waals surface area contributed by atoms with Crippen LogP contribution >= 0.6 is 0 Å². The Bertz CT molecular complexity index is 293. The number of hydrogen-bond donors (Lipinski definition) is 1. The van der Waals surface area contributed by atoms with Gasteiger partial charge in [-0.1, -0.05) is 24.3 Å². The maximum absolute atomic E-state index is 7.00. The zero-order valence-corrected chi connectivity index (χ0v) is 10.8. The summed E-state index contributed by atoms with van der Waals surface area (Å²) in [5.74, 6) is 0. The number of fused-ring (bicyclic) bond motifs is 1. The molecule has 12 heavy (non-hydrogen) atoms. The number of hydrogen-bond acceptors (Lipinski definition) is 3. The van der Waals surface area contributed by atoms with Crippen molar-refractivity contribution in [2.75, 3.05) is 7.11 Å². The van der Waals surface area contributed by atoms with Crippen LogP contribution in [0.4, 0.5) is 0 Å². The summed E-state index contributed by atoms with van der Waals surface area (Å²) in [6, 6.07) is 7.60. The molecule has 0 aliphatic carbocycles. The van der Waals surface area contributed by atoms with Crippen molar-refractivity contribution in [1.82, 2.24) is 15.4 Å². The average molecular weight is 388 g/mol. The summed E-state index contributed by atoms with van der Waals surface area (Å²) in [6.07, 6.45) is 0. The molecule has 0 aliphatic heterocycles. The molecule has 0 saturated carbocycles. The van der Waals surface area contributed by atoms with E-state index in [-0.39, 0.29) is 31.1 Å². The van der Waals surface area contributed by atoms with E-state index >= 15 is 0 Å². The second kappa shape index (κ2) is 6.18. The monoisotopic (exact) mass is 388 g/mol. The van der Waals surface area contributed by atoms with E-state index in [4.69, 9.17) is 5.11 Å². The molecular weight excluding hydrogens is 380 g/mol. The maximum atomic E-state index is 7.00. The fourth-order valence-corrected chi connectivity index (χ4v) is 0.752. The molecule has 1 N–H and O–H groups in total. The van der Waals surface area contributed by atoms with Crippen molar-refractivity contribution in [1.29, 1.82) is 0 Å². The van der Waals surface area contributed by atoms with Crippen LogP contribution in [0, 0.1) is 31.1 Å². The number of aromatic nitrogens is 3. The first-order valence-corrected chi connectivity index (χ1v) is 3.12. The molecule has 2 rings (SSSR count). The maximum Gasteiger partial charge on any atom is 0.0319 e. The minimum Gasteiger partial charge on any atom is -0.400 e. The first-order chi connectivity index (χ1) is 5.47. The minimum absolute atomic E-state index is 0. The third-order valence-electron chi connectivity index (χ3n) is 1.19. The largest absolute Gasteiger partial charge is 0.400 e. The van der Waals surface area contributed by atoms with E-state index in [1.807, 2.05) is 24.3 Å². The first-order valence-electron chi connectivity index (χ1n) is 3.12. The van der Waals surface area contributed by atoms with E-state index < -0.39 is 0 Å². The summed E-state index contributed by atoms with van der Waals surface area (Å²) in [5.41, 5.74) is 1.72. The van der Waals surface area contributed by atoms with Gasteiger partial charge in [-0.15, -0.1) is 0 Å². The third-order valence-corrected chi connectivity index (χ3v) is 1.19.